The largest absolute Gasteiger partial charge is 0.354 e. The third-order valence-electron chi connectivity index (χ3n) is 4.08. The van der Waals surface area contributed by atoms with Crippen molar-refractivity contribution in [3.8, 4) is 11.4 Å². The van der Waals surface area contributed by atoms with E-state index in [2.05, 4.69) is 35.6 Å². The van der Waals surface area contributed by atoms with Gasteiger partial charge in [0.1, 0.15) is 11.2 Å². The molecular weight excluding hydrogens is 363 g/mol. The third-order valence-corrected chi connectivity index (χ3v) is 4.08. The van der Waals surface area contributed by atoms with Crippen molar-refractivity contribution in [1.82, 2.24) is 34.8 Å². The topological polar surface area (TPSA) is 111 Å². The summed E-state index contributed by atoms with van der Waals surface area (Å²) in [5, 5.41) is 5.49. The van der Waals surface area contributed by atoms with Crippen molar-refractivity contribution in [3.05, 3.63) is 54.8 Å². The van der Waals surface area contributed by atoms with Crippen LogP contribution in [-0.4, -0.2) is 42.4 Å². The predicted octanol–water partition coefficient (Wildman–Crippen LogP) is 2.06. The van der Waals surface area contributed by atoms with E-state index in [1.807, 2.05) is 11.6 Å². The molecule has 0 aliphatic carbocycles. The van der Waals surface area contributed by atoms with Crippen molar-refractivity contribution in [2.24, 2.45) is 7.05 Å². The molecule has 0 aromatic carbocycles. The quantitative estimate of drug-likeness (QED) is 0.523. The molecule has 0 saturated heterocycles. The molecule has 4 rings (SSSR count). The van der Waals surface area contributed by atoms with E-state index in [1.54, 1.807) is 36.8 Å². The Morgan fingerprint density at radius 3 is 2.64 bits per heavy atom. The molecule has 0 saturated carbocycles. The number of amides is 1. The van der Waals surface area contributed by atoms with Crippen molar-refractivity contribution >= 4 is 28.4 Å². The zero-order chi connectivity index (χ0) is 19.7. The molecular formula is C18H15FN8O. The highest BCUT2D eigenvalue weighted by Gasteiger charge is 2.13. The lowest BCUT2D eigenvalue weighted by Crippen LogP contribution is -2.19. The summed E-state index contributed by atoms with van der Waals surface area (Å²) in [5.41, 5.74) is 3.00. The van der Waals surface area contributed by atoms with E-state index in [1.165, 1.54) is 13.2 Å². The minimum atomic E-state index is -0.875. The highest BCUT2D eigenvalue weighted by atomic mass is 19.1. The molecule has 0 fully saturated rings. The molecule has 2 N–H and O–H groups in total. The molecule has 0 aliphatic heterocycles. The molecule has 1 amide bonds. The van der Waals surface area contributed by atoms with Crippen molar-refractivity contribution < 1.29 is 9.18 Å². The first-order valence-corrected chi connectivity index (χ1v) is 8.31. The van der Waals surface area contributed by atoms with Gasteiger partial charge in [-0.1, -0.05) is 0 Å². The van der Waals surface area contributed by atoms with E-state index in [9.17, 15) is 9.18 Å². The van der Waals surface area contributed by atoms with Gasteiger partial charge in [-0.3, -0.25) is 4.79 Å². The van der Waals surface area contributed by atoms with Gasteiger partial charge in [-0.15, -0.1) is 0 Å². The first-order valence-electron chi connectivity index (χ1n) is 8.31. The molecule has 4 aromatic heterocycles. The lowest BCUT2D eigenvalue weighted by Gasteiger charge is -2.10. The summed E-state index contributed by atoms with van der Waals surface area (Å²) in [5.74, 6) is -0.103. The first-order chi connectivity index (χ1) is 13.5. The summed E-state index contributed by atoms with van der Waals surface area (Å²) in [7, 11) is 3.38. The zero-order valence-corrected chi connectivity index (χ0v) is 15.0. The molecule has 4 aromatic rings. The van der Waals surface area contributed by atoms with E-state index in [0.29, 0.717) is 22.4 Å². The summed E-state index contributed by atoms with van der Waals surface area (Å²) in [6, 6.07) is 6.62. The number of nitrogens with one attached hydrogen (secondary N) is 2. The highest BCUT2D eigenvalue weighted by Crippen LogP contribution is 2.25. The fraction of sp³-hybridized carbons (Fsp3) is 0.111. The lowest BCUT2D eigenvalue weighted by atomic mass is 10.2. The van der Waals surface area contributed by atoms with E-state index in [0.717, 1.165) is 5.69 Å². The summed E-state index contributed by atoms with van der Waals surface area (Å²) in [6.07, 6.45) is 3.94. The molecule has 0 unspecified atom stereocenters. The molecule has 0 aliphatic rings. The molecule has 0 spiro atoms. The number of rotatable bonds is 4. The van der Waals surface area contributed by atoms with Gasteiger partial charge < -0.3 is 15.2 Å². The van der Waals surface area contributed by atoms with E-state index >= 15 is 0 Å². The lowest BCUT2D eigenvalue weighted by molar-refractivity contribution is 0.0958. The van der Waals surface area contributed by atoms with Crippen molar-refractivity contribution in [2.45, 2.75) is 0 Å². The van der Waals surface area contributed by atoms with Gasteiger partial charge in [-0.2, -0.15) is 9.37 Å². The van der Waals surface area contributed by atoms with Crippen LogP contribution in [0.1, 0.15) is 10.5 Å². The zero-order valence-electron chi connectivity index (χ0n) is 15.0. The Morgan fingerprint density at radius 2 is 1.96 bits per heavy atom. The van der Waals surface area contributed by atoms with Gasteiger partial charge in [-0.05, 0) is 24.3 Å². The number of carbonyl (C=O) groups excluding carboxylic acids is 1. The number of aryl methyl sites for hydroxylation is 1. The standard InChI is InChI=1S/C18H15FN8O/c1-20-17(28)13-4-3-10(7-22-13)23-16-15-12(25-18(19)26-16)6-5-11(24-15)14-8-21-9-27(14)2/h3-9H,1-2H3,(H,20,28)(H,23,25,26). The Morgan fingerprint density at radius 1 is 1.11 bits per heavy atom. The number of imidazole rings is 1. The number of carbonyl (C=O) groups is 1. The van der Waals surface area contributed by atoms with Gasteiger partial charge in [0.25, 0.3) is 5.91 Å². The summed E-state index contributed by atoms with van der Waals surface area (Å²) < 4.78 is 15.7. The SMILES string of the molecule is CNC(=O)c1ccc(Nc2nc(F)nc3ccc(-c4cncn4C)nc23)cn1. The van der Waals surface area contributed by atoms with Crippen LogP contribution in [0.15, 0.2) is 43.0 Å². The first kappa shape index (κ1) is 17.5. The van der Waals surface area contributed by atoms with Gasteiger partial charge in [0.15, 0.2) is 5.82 Å². The van der Waals surface area contributed by atoms with Crippen LogP contribution in [0, 0.1) is 6.08 Å². The van der Waals surface area contributed by atoms with Crippen LogP contribution in [0.4, 0.5) is 15.9 Å². The van der Waals surface area contributed by atoms with Crippen LogP contribution < -0.4 is 10.6 Å². The van der Waals surface area contributed by atoms with Crippen molar-refractivity contribution in [1.29, 1.82) is 0 Å². The van der Waals surface area contributed by atoms with E-state index < -0.39 is 6.08 Å². The van der Waals surface area contributed by atoms with Crippen LogP contribution in [0.25, 0.3) is 22.4 Å². The average molecular weight is 378 g/mol. The Labute approximate surface area is 158 Å². The number of halogens is 1. The van der Waals surface area contributed by atoms with Gasteiger partial charge >= 0.3 is 6.08 Å². The van der Waals surface area contributed by atoms with Crippen LogP contribution in [0.5, 0.6) is 0 Å². The molecule has 28 heavy (non-hydrogen) atoms. The fourth-order valence-electron chi connectivity index (χ4n) is 2.69. The highest BCUT2D eigenvalue weighted by molar-refractivity contribution is 5.92. The van der Waals surface area contributed by atoms with Crippen molar-refractivity contribution in [2.75, 3.05) is 12.4 Å². The number of nitrogens with zero attached hydrogens (tertiary/aromatic N) is 6. The minimum Gasteiger partial charge on any atom is -0.354 e. The Balaban J connectivity index is 1.75. The summed E-state index contributed by atoms with van der Waals surface area (Å²) in [6.45, 7) is 0. The van der Waals surface area contributed by atoms with Gasteiger partial charge in [-0.25, -0.2) is 19.9 Å². The maximum absolute atomic E-state index is 13.9. The third kappa shape index (κ3) is 3.22. The Hall–Kier alpha value is -3.95. The van der Waals surface area contributed by atoms with Gasteiger partial charge in [0.05, 0.1) is 41.3 Å². The summed E-state index contributed by atoms with van der Waals surface area (Å²) in [4.78, 5) is 32.0. The van der Waals surface area contributed by atoms with Gasteiger partial charge in [0.2, 0.25) is 0 Å². The molecule has 140 valence electrons. The number of anilines is 2. The fourth-order valence-corrected chi connectivity index (χ4v) is 2.69. The molecule has 10 heteroatoms. The Kier molecular flexibility index (Phi) is 4.36. The molecule has 9 nitrogen and oxygen atoms in total. The number of fused-ring (bicyclic) bond motifs is 1. The number of pyridine rings is 2. The molecule has 0 radical (unpaired) electrons. The monoisotopic (exact) mass is 378 g/mol. The number of hydrogen-bond donors (Lipinski definition) is 2. The number of hydrogen-bond acceptors (Lipinski definition) is 7. The van der Waals surface area contributed by atoms with Crippen LogP contribution >= 0.6 is 0 Å². The predicted molar refractivity (Wildman–Crippen MR) is 100 cm³/mol. The van der Waals surface area contributed by atoms with E-state index in [4.69, 9.17) is 0 Å². The van der Waals surface area contributed by atoms with Gasteiger partial charge in [0, 0.05) is 14.1 Å². The maximum Gasteiger partial charge on any atom is 0.311 e. The van der Waals surface area contributed by atoms with Crippen molar-refractivity contribution in [3.63, 3.8) is 0 Å². The second-order valence-electron chi connectivity index (χ2n) is 5.93. The van der Waals surface area contributed by atoms with Crippen LogP contribution in [0.3, 0.4) is 0 Å². The summed E-state index contributed by atoms with van der Waals surface area (Å²) >= 11 is 0. The molecule has 0 bridgehead atoms. The molecule has 0 atom stereocenters. The second-order valence-corrected chi connectivity index (χ2v) is 5.93. The Bertz CT molecular complexity index is 1170. The molecule has 4 heterocycles. The van der Waals surface area contributed by atoms with E-state index in [-0.39, 0.29) is 17.4 Å². The average Bonchev–Trinajstić information content (AvgIpc) is 3.13. The minimum absolute atomic E-state index is 0.195. The number of aromatic nitrogens is 6. The normalized spacial score (nSPS) is 10.8. The second kappa shape index (κ2) is 6.99. The van der Waals surface area contributed by atoms with Crippen LogP contribution in [-0.2, 0) is 7.05 Å². The maximum atomic E-state index is 13.9. The van der Waals surface area contributed by atoms with Crippen LogP contribution in [0.2, 0.25) is 0 Å². The smallest absolute Gasteiger partial charge is 0.311 e.